The summed E-state index contributed by atoms with van der Waals surface area (Å²) in [6.45, 7) is 3.23. The minimum Gasteiger partial charge on any atom is -0.353 e. The van der Waals surface area contributed by atoms with Crippen LogP contribution in [0.15, 0.2) is 51.8 Å². The molecule has 0 saturated carbocycles. The van der Waals surface area contributed by atoms with Crippen molar-refractivity contribution in [1.82, 2.24) is 9.62 Å². The zero-order valence-corrected chi connectivity index (χ0v) is 18.7. The summed E-state index contributed by atoms with van der Waals surface area (Å²) in [5.74, 6) is -0.393. The van der Waals surface area contributed by atoms with Gasteiger partial charge in [-0.1, -0.05) is 45.2 Å². The highest BCUT2D eigenvalue weighted by Gasteiger charge is 2.27. The number of hydrogen-bond donors (Lipinski definition) is 1. The predicted molar refractivity (Wildman–Crippen MR) is 111 cm³/mol. The number of sulfonamides is 1. The van der Waals surface area contributed by atoms with Gasteiger partial charge in [0.25, 0.3) is 0 Å². The van der Waals surface area contributed by atoms with E-state index >= 15 is 0 Å². The van der Waals surface area contributed by atoms with Crippen LogP contribution in [0.1, 0.15) is 19.4 Å². The number of hydrogen-bond acceptors (Lipinski definition) is 3. The molecule has 0 saturated heterocycles. The highest BCUT2D eigenvalue weighted by Crippen LogP contribution is 2.25. The van der Waals surface area contributed by atoms with Gasteiger partial charge in [-0.05, 0) is 55.8 Å². The molecule has 27 heavy (non-hydrogen) atoms. The van der Waals surface area contributed by atoms with Gasteiger partial charge in [-0.15, -0.1) is 0 Å². The molecule has 1 amide bonds. The third kappa shape index (κ3) is 6.19. The number of amides is 1. The third-order valence-electron chi connectivity index (χ3n) is 3.58. The van der Waals surface area contributed by atoms with Gasteiger partial charge in [0.05, 0.1) is 11.4 Å². The molecular formula is C18H19BrCl2N2O3S. The molecule has 0 atom stereocenters. The summed E-state index contributed by atoms with van der Waals surface area (Å²) >= 11 is 15.4. The van der Waals surface area contributed by atoms with Crippen molar-refractivity contribution in [2.24, 2.45) is 0 Å². The number of carbonyl (C=O) groups is 1. The predicted octanol–water partition coefficient (Wildman–Crippen LogP) is 4.47. The molecule has 0 aliphatic carbocycles. The second-order valence-electron chi connectivity index (χ2n) is 6.18. The van der Waals surface area contributed by atoms with Gasteiger partial charge in [-0.25, -0.2) is 8.42 Å². The van der Waals surface area contributed by atoms with Crippen molar-refractivity contribution in [3.05, 3.63) is 62.5 Å². The monoisotopic (exact) mass is 492 g/mol. The van der Waals surface area contributed by atoms with Crippen LogP contribution in [0, 0.1) is 0 Å². The van der Waals surface area contributed by atoms with E-state index in [2.05, 4.69) is 21.2 Å². The smallest absolute Gasteiger partial charge is 0.243 e. The lowest BCUT2D eigenvalue weighted by atomic mass is 10.2. The van der Waals surface area contributed by atoms with E-state index in [1.165, 1.54) is 18.2 Å². The van der Waals surface area contributed by atoms with Crippen molar-refractivity contribution in [3.63, 3.8) is 0 Å². The molecule has 0 heterocycles. The largest absolute Gasteiger partial charge is 0.353 e. The molecule has 2 rings (SSSR count). The minimum atomic E-state index is -3.91. The maximum Gasteiger partial charge on any atom is 0.243 e. The summed E-state index contributed by atoms with van der Waals surface area (Å²) in [6.07, 6.45) is 0. The summed E-state index contributed by atoms with van der Waals surface area (Å²) in [7, 11) is -3.91. The molecule has 0 bridgehead atoms. The topological polar surface area (TPSA) is 66.5 Å². The SMILES string of the molecule is CC(C)NC(=O)CN(Cc1ccc(Cl)cc1Cl)S(=O)(=O)c1ccc(Br)cc1. The van der Waals surface area contributed by atoms with Crippen LogP contribution in [-0.2, 0) is 21.4 Å². The number of benzene rings is 2. The molecule has 0 aliphatic heterocycles. The van der Waals surface area contributed by atoms with Gasteiger partial charge in [-0.3, -0.25) is 4.79 Å². The Labute approximate surface area is 177 Å². The van der Waals surface area contributed by atoms with Gasteiger partial charge >= 0.3 is 0 Å². The molecule has 2 aromatic carbocycles. The lowest BCUT2D eigenvalue weighted by Crippen LogP contribution is -2.42. The Bertz CT molecular complexity index is 919. The van der Waals surface area contributed by atoms with E-state index < -0.39 is 15.9 Å². The van der Waals surface area contributed by atoms with E-state index in [-0.39, 0.29) is 24.0 Å². The Hall–Kier alpha value is -1.12. The van der Waals surface area contributed by atoms with Crippen molar-refractivity contribution < 1.29 is 13.2 Å². The van der Waals surface area contributed by atoms with Gasteiger partial charge in [-0.2, -0.15) is 4.31 Å². The van der Waals surface area contributed by atoms with Crippen LogP contribution in [0.25, 0.3) is 0 Å². The van der Waals surface area contributed by atoms with Crippen LogP contribution in [0.3, 0.4) is 0 Å². The Morgan fingerprint density at radius 3 is 2.33 bits per heavy atom. The third-order valence-corrected chi connectivity index (χ3v) is 6.50. The zero-order valence-electron chi connectivity index (χ0n) is 14.7. The molecule has 0 spiro atoms. The molecule has 2 aromatic rings. The fourth-order valence-corrected chi connectivity index (χ4v) is 4.46. The van der Waals surface area contributed by atoms with Gasteiger partial charge in [0, 0.05) is 27.1 Å². The van der Waals surface area contributed by atoms with E-state index in [1.54, 1.807) is 24.3 Å². The van der Waals surface area contributed by atoms with Crippen LogP contribution >= 0.6 is 39.1 Å². The van der Waals surface area contributed by atoms with Crippen molar-refractivity contribution in [1.29, 1.82) is 0 Å². The maximum absolute atomic E-state index is 13.1. The zero-order chi connectivity index (χ0) is 20.2. The minimum absolute atomic E-state index is 0.0556. The quantitative estimate of drug-likeness (QED) is 0.618. The first-order valence-electron chi connectivity index (χ1n) is 8.08. The lowest BCUT2D eigenvalue weighted by Gasteiger charge is -2.23. The van der Waals surface area contributed by atoms with Crippen molar-refractivity contribution in [3.8, 4) is 0 Å². The van der Waals surface area contributed by atoms with E-state index in [9.17, 15) is 13.2 Å². The summed E-state index contributed by atoms with van der Waals surface area (Å²) in [5.41, 5.74) is 0.555. The fraction of sp³-hybridized carbons (Fsp3) is 0.278. The summed E-state index contributed by atoms with van der Waals surface area (Å²) in [6, 6.07) is 10.9. The first-order chi connectivity index (χ1) is 12.6. The number of nitrogens with one attached hydrogen (secondary N) is 1. The van der Waals surface area contributed by atoms with E-state index in [0.29, 0.717) is 15.6 Å². The van der Waals surface area contributed by atoms with Crippen molar-refractivity contribution in [2.45, 2.75) is 31.3 Å². The maximum atomic E-state index is 13.1. The first-order valence-corrected chi connectivity index (χ1v) is 11.1. The van der Waals surface area contributed by atoms with E-state index in [4.69, 9.17) is 23.2 Å². The molecule has 0 radical (unpaired) electrons. The van der Waals surface area contributed by atoms with Crippen LogP contribution in [-0.4, -0.2) is 31.2 Å². The second kappa shape index (κ2) is 9.39. The highest BCUT2D eigenvalue weighted by molar-refractivity contribution is 9.10. The lowest BCUT2D eigenvalue weighted by molar-refractivity contribution is -0.121. The first kappa shape index (κ1) is 22.2. The molecule has 146 valence electrons. The van der Waals surface area contributed by atoms with Gasteiger partial charge < -0.3 is 5.32 Å². The summed E-state index contributed by atoms with van der Waals surface area (Å²) in [4.78, 5) is 12.3. The number of rotatable bonds is 7. The standard InChI is InChI=1S/C18H19BrCl2N2O3S/c1-12(2)22-18(24)11-23(10-13-3-6-15(20)9-17(13)21)27(25,26)16-7-4-14(19)5-8-16/h3-9,12H,10-11H2,1-2H3,(H,22,24). The number of halogens is 3. The molecule has 0 fully saturated rings. The fourth-order valence-electron chi connectivity index (χ4n) is 2.35. The molecule has 0 aliphatic rings. The Balaban J connectivity index is 2.39. The van der Waals surface area contributed by atoms with Gasteiger partial charge in [0.1, 0.15) is 0 Å². The van der Waals surface area contributed by atoms with Crippen LogP contribution in [0.5, 0.6) is 0 Å². The van der Waals surface area contributed by atoms with Crippen LogP contribution < -0.4 is 5.32 Å². The van der Waals surface area contributed by atoms with Gasteiger partial charge in [0.2, 0.25) is 15.9 Å². The molecule has 9 heteroatoms. The van der Waals surface area contributed by atoms with E-state index in [0.717, 1.165) is 8.78 Å². The Morgan fingerprint density at radius 2 is 1.78 bits per heavy atom. The molecular weight excluding hydrogens is 475 g/mol. The van der Waals surface area contributed by atoms with Crippen LogP contribution in [0.4, 0.5) is 0 Å². The second-order valence-corrected chi connectivity index (χ2v) is 9.88. The molecule has 1 N–H and O–H groups in total. The Morgan fingerprint density at radius 1 is 1.15 bits per heavy atom. The average Bonchev–Trinajstić information content (AvgIpc) is 2.56. The van der Waals surface area contributed by atoms with E-state index in [1.807, 2.05) is 13.8 Å². The highest BCUT2D eigenvalue weighted by atomic mass is 79.9. The van der Waals surface area contributed by atoms with Crippen molar-refractivity contribution >= 4 is 55.1 Å². The van der Waals surface area contributed by atoms with Crippen LogP contribution in [0.2, 0.25) is 10.0 Å². The number of nitrogens with zero attached hydrogens (tertiary/aromatic N) is 1. The number of carbonyl (C=O) groups excluding carboxylic acids is 1. The molecule has 0 unspecified atom stereocenters. The van der Waals surface area contributed by atoms with Gasteiger partial charge in [0.15, 0.2) is 0 Å². The summed E-state index contributed by atoms with van der Waals surface area (Å²) < 4.78 is 28.1. The Kier molecular flexibility index (Phi) is 7.71. The molecule has 5 nitrogen and oxygen atoms in total. The molecule has 0 aromatic heterocycles. The average molecular weight is 494 g/mol. The normalized spacial score (nSPS) is 11.8. The van der Waals surface area contributed by atoms with Crippen molar-refractivity contribution in [2.75, 3.05) is 6.54 Å². The summed E-state index contributed by atoms with van der Waals surface area (Å²) in [5, 5.41) is 3.49.